The van der Waals surface area contributed by atoms with Crippen LogP contribution in [0.25, 0.3) is 0 Å². The van der Waals surface area contributed by atoms with E-state index in [-0.39, 0.29) is 6.04 Å². The van der Waals surface area contributed by atoms with E-state index in [0.717, 1.165) is 30.9 Å². The van der Waals surface area contributed by atoms with Crippen LogP contribution in [0.2, 0.25) is 0 Å². The Morgan fingerprint density at radius 2 is 1.76 bits per heavy atom. The van der Waals surface area contributed by atoms with Crippen molar-refractivity contribution in [3.8, 4) is 0 Å². The molecular formula is C19H27NO. The summed E-state index contributed by atoms with van der Waals surface area (Å²) in [6.07, 6.45) is 2.12. The van der Waals surface area contributed by atoms with Crippen LogP contribution in [0.5, 0.6) is 0 Å². The van der Waals surface area contributed by atoms with Crippen LogP contribution in [0.4, 0.5) is 0 Å². The fourth-order valence-electron chi connectivity index (χ4n) is 2.98. The summed E-state index contributed by atoms with van der Waals surface area (Å²) >= 11 is 0. The van der Waals surface area contributed by atoms with E-state index in [9.17, 15) is 0 Å². The van der Waals surface area contributed by atoms with Gasteiger partial charge < -0.3 is 9.73 Å². The maximum absolute atomic E-state index is 5.75. The Morgan fingerprint density at radius 3 is 2.29 bits per heavy atom. The first-order valence-electron chi connectivity index (χ1n) is 8.02. The maximum Gasteiger partial charge on any atom is 0.106 e. The predicted molar refractivity (Wildman–Crippen MR) is 88.9 cm³/mol. The molecule has 1 aromatic heterocycles. The van der Waals surface area contributed by atoms with E-state index in [1.807, 2.05) is 6.92 Å². The van der Waals surface area contributed by atoms with Crippen molar-refractivity contribution in [2.75, 3.05) is 6.54 Å². The van der Waals surface area contributed by atoms with E-state index in [1.165, 1.54) is 22.3 Å². The average Bonchev–Trinajstić information content (AvgIpc) is 2.82. The van der Waals surface area contributed by atoms with Crippen molar-refractivity contribution in [3.05, 3.63) is 58.0 Å². The molecule has 2 heteroatoms. The van der Waals surface area contributed by atoms with Gasteiger partial charge in [-0.15, -0.1) is 0 Å². The maximum atomic E-state index is 5.75. The molecule has 0 aliphatic heterocycles. The van der Waals surface area contributed by atoms with Gasteiger partial charge in [0.25, 0.3) is 0 Å². The van der Waals surface area contributed by atoms with Crippen molar-refractivity contribution < 1.29 is 4.42 Å². The van der Waals surface area contributed by atoms with Gasteiger partial charge in [0.15, 0.2) is 0 Å². The first-order chi connectivity index (χ1) is 10.1. The Bertz CT molecular complexity index is 598. The highest BCUT2D eigenvalue weighted by molar-refractivity contribution is 5.41. The molecule has 0 saturated carbocycles. The summed E-state index contributed by atoms with van der Waals surface area (Å²) in [4.78, 5) is 0. The monoisotopic (exact) mass is 285 g/mol. The number of aryl methyl sites for hydroxylation is 4. The summed E-state index contributed by atoms with van der Waals surface area (Å²) in [5.74, 6) is 2.00. The van der Waals surface area contributed by atoms with Gasteiger partial charge >= 0.3 is 0 Å². The fourth-order valence-corrected chi connectivity index (χ4v) is 2.98. The highest BCUT2D eigenvalue weighted by Crippen LogP contribution is 2.30. The van der Waals surface area contributed by atoms with Crippen LogP contribution in [0.1, 0.15) is 60.6 Å². The fraction of sp³-hybridized carbons (Fsp3) is 0.474. The molecule has 1 N–H and O–H groups in total. The predicted octanol–water partition coefficient (Wildman–Crippen LogP) is 4.72. The lowest BCUT2D eigenvalue weighted by Crippen LogP contribution is -2.23. The largest absolute Gasteiger partial charge is 0.466 e. The molecule has 0 radical (unpaired) electrons. The lowest BCUT2D eigenvalue weighted by atomic mass is 9.91. The number of rotatable bonds is 6. The second-order valence-electron chi connectivity index (χ2n) is 5.60. The third kappa shape index (κ3) is 3.38. The molecule has 0 bridgehead atoms. The summed E-state index contributed by atoms with van der Waals surface area (Å²) in [5.41, 5.74) is 5.46. The van der Waals surface area contributed by atoms with Crippen molar-refractivity contribution in [1.29, 1.82) is 0 Å². The zero-order valence-corrected chi connectivity index (χ0v) is 13.9. The third-order valence-electron chi connectivity index (χ3n) is 4.11. The van der Waals surface area contributed by atoms with Crippen LogP contribution < -0.4 is 5.32 Å². The number of furan rings is 1. The zero-order chi connectivity index (χ0) is 15.4. The first kappa shape index (κ1) is 15.8. The molecule has 0 fully saturated rings. The molecule has 2 nitrogen and oxygen atoms in total. The number of nitrogens with one attached hydrogen (secondary N) is 1. The van der Waals surface area contributed by atoms with Gasteiger partial charge in [-0.3, -0.25) is 0 Å². The van der Waals surface area contributed by atoms with Crippen molar-refractivity contribution in [2.45, 2.75) is 53.5 Å². The van der Waals surface area contributed by atoms with Crippen LogP contribution in [-0.2, 0) is 12.8 Å². The summed E-state index contributed by atoms with van der Waals surface area (Å²) in [6.45, 7) is 11.6. The van der Waals surface area contributed by atoms with Gasteiger partial charge in [-0.05, 0) is 56.0 Å². The van der Waals surface area contributed by atoms with E-state index < -0.39 is 0 Å². The number of benzene rings is 1. The Morgan fingerprint density at radius 1 is 1.00 bits per heavy atom. The van der Waals surface area contributed by atoms with Crippen LogP contribution in [0, 0.1) is 13.8 Å². The molecule has 1 heterocycles. The molecule has 1 unspecified atom stereocenters. The highest BCUT2D eigenvalue weighted by atomic mass is 16.3. The molecule has 1 atom stereocenters. The van der Waals surface area contributed by atoms with E-state index in [2.05, 4.69) is 57.3 Å². The van der Waals surface area contributed by atoms with Crippen molar-refractivity contribution >= 4 is 0 Å². The Balaban J connectivity index is 2.54. The lowest BCUT2D eigenvalue weighted by molar-refractivity contribution is 0.494. The Labute approximate surface area is 128 Å². The minimum atomic E-state index is 0.217. The molecule has 0 amide bonds. The quantitative estimate of drug-likeness (QED) is 0.830. The Kier molecular flexibility index (Phi) is 5.24. The van der Waals surface area contributed by atoms with Gasteiger partial charge in [0.1, 0.15) is 11.5 Å². The molecule has 0 saturated heterocycles. The summed E-state index contributed by atoms with van der Waals surface area (Å²) in [7, 11) is 0. The molecule has 2 aromatic rings. The molecule has 21 heavy (non-hydrogen) atoms. The third-order valence-corrected chi connectivity index (χ3v) is 4.11. The van der Waals surface area contributed by atoms with E-state index in [1.54, 1.807) is 0 Å². The van der Waals surface area contributed by atoms with Gasteiger partial charge in [0.2, 0.25) is 0 Å². The molecule has 0 spiro atoms. The molecule has 114 valence electrons. The minimum absolute atomic E-state index is 0.217. The van der Waals surface area contributed by atoms with E-state index >= 15 is 0 Å². The number of hydrogen-bond acceptors (Lipinski definition) is 2. The van der Waals surface area contributed by atoms with Crippen molar-refractivity contribution in [3.63, 3.8) is 0 Å². The average molecular weight is 285 g/mol. The normalized spacial score (nSPS) is 12.6. The van der Waals surface area contributed by atoms with Gasteiger partial charge in [-0.25, -0.2) is 0 Å². The molecular weight excluding hydrogens is 258 g/mol. The van der Waals surface area contributed by atoms with Gasteiger partial charge in [0, 0.05) is 5.56 Å². The highest BCUT2D eigenvalue weighted by Gasteiger charge is 2.20. The van der Waals surface area contributed by atoms with Gasteiger partial charge in [0.05, 0.1) is 6.04 Å². The molecule has 0 aliphatic rings. The summed E-state index contributed by atoms with van der Waals surface area (Å²) in [5, 5.41) is 3.64. The molecule has 0 aliphatic carbocycles. The van der Waals surface area contributed by atoms with Crippen LogP contribution in [0.15, 0.2) is 28.7 Å². The first-order valence-corrected chi connectivity index (χ1v) is 8.02. The van der Waals surface area contributed by atoms with Crippen molar-refractivity contribution in [2.24, 2.45) is 0 Å². The number of hydrogen-bond donors (Lipinski definition) is 1. The van der Waals surface area contributed by atoms with Gasteiger partial charge in [-0.1, -0.05) is 39.0 Å². The van der Waals surface area contributed by atoms with Crippen LogP contribution in [0.3, 0.4) is 0 Å². The van der Waals surface area contributed by atoms with Crippen LogP contribution in [-0.4, -0.2) is 6.54 Å². The molecule has 2 rings (SSSR count). The standard InChI is InChI=1S/C19H27NO/c1-6-15-9-10-16(7-2)18(12-15)19(20-8-3)17-11-13(4)21-14(17)5/h9-12,19-20H,6-8H2,1-5H3. The zero-order valence-electron chi connectivity index (χ0n) is 13.9. The second-order valence-corrected chi connectivity index (χ2v) is 5.60. The van der Waals surface area contributed by atoms with E-state index in [4.69, 9.17) is 4.42 Å². The van der Waals surface area contributed by atoms with Crippen LogP contribution >= 0.6 is 0 Å². The van der Waals surface area contributed by atoms with Gasteiger partial charge in [-0.2, -0.15) is 0 Å². The minimum Gasteiger partial charge on any atom is -0.466 e. The lowest BCUT2D eigenvalue weighted by Gasteiger charge is -2.22. The molecule has 1 aromatic carbocycles. The summed E-state index contributed by atoms with van der Waals surface area (Å²) < 4.78 is 5.75. The Hall–Kier alpha value is -1.54. The van der Waals surface area contributed by atoms with E-state index in [0.29, 0.717) is 0 Å². The smallest absolute Gasteiger partial charge is 0.106 e. The topological polar surface area (TPSA) is 25.2 Å². The van der Waals surface area contributed by atoms with Crippen molar-refractivity contribution in [1.82, 2.24) is 5.32 Å². The SMILES string of the molecule is CCNC(c1cc(CC)ccc1CC)c1cc(C)oc1C. The second kappa shape index (κ2) is 6.95. The summed E-state index contributed by atoms with van der Waals surface area (Å²) in [6, 6.07) is 9.27.